The highest BCUT2D eigenvalue weighted by Crippen LogP contribution is 2.41. The molecule has 0 aliphatic carbocycles. The molecule has 168 valence electrons. The van der Waals surface area contributed by atoms with E-state index < -0.39 is 19.1 Å². The molecule has 2 aliphatic rings. The first kappa shape index (κ1) is 21.8. The lowest BCUT2D eigenvalue weighted by atomic mass is 10.0. The fraction of sp³-hybridized carbons (Fsp3) is 0.364. The van der Waals surface area contributed by atoms with E-state index in [0.717, 1.165) is 40.3 Å². The third-order valence-corrected chi connectivity index (χ3v) is 5.48. The van der Waals surface area contributed by atoms with Gasteiger partial charge in [0.15, 0.2) is 0 Å². The van der Waals surface area contributed by atoms with Gasteiger partial charge in [-0.05, 0) is 38.0 Å². The summed E-state index contributed by atoms with van der Waals surface area (Å²) in [6, 6.07) is 7.50. The van der Waals surface area contributed by atoms with Gasteiger partial charge in [0.2, 0.25) is 18.2 Å². The van der Waals surface area contributed by atoms with Crippen molar-refractivity contribution in [3.63, 3.8) is 0 Å². The highest BCUT2D eigenvalue weighted by Gasteiger charge is 2.31. The summed E-state index contributed by atoms with van der Waals surface area (Å²) in [5, 5.41) is 8.19. The molecule has 1 aromatic carbocycles. The number of fused-ring (bicyclic) bond motifs is 2. The van der Waals surface area contributed by atoms with E-state index in [0.29, 0.717) is 18.7 Å². The predicted octanol–water partition coefficient (Wildman–Crippen LogP) is 4.86. The summed E-state index contributed by atoms with van der Waals surface area (Å²) in [6.45, 7) is 8.50. The van der Waals surface area contributed by atoms with Crippen LogP contribution in [0.3, 0.4) is 0 Å². The van der Waals surface area contributed by atoms with Gasteiger partial charge in [-0.15, -0.1) is 5.10 Å². The number of rotatable bonds is 4. The minimum absolute atomic E-state index is 0.205. The molecule has 5 rings (SSSR count). The van der Waals surface area contributed by atoms with Crippen molar-refractivity contribution in [3.8, 4) is 11.1 Å². The maximum absolute atomic E-state index is 12.5. The SMILES string of the molecule is C=C(C)N1CC[C@@H](F)C1.Cc1nc(N)nn2ccc(-c3ccc4c(c3)[N+](CC(F)F)=N4)c12. The van der Waals surface area contributed by atoms with E-state index in [-0.39, 0.29) is 5.95 Å². The Labute approximate surface area is 183 Å². The summed E-state index contributed by atoms with van der Waals surface area (Å²) < 4.78 is 40.5. The van der Waals surface area contributed by atoms with E-state index in [2.05, 4.69) is 21.8 Å². The van der Waals surface area contributed by atoms with E-state index >= 15 is 0 Å². The van der Waals surface area contributed by atoms with Crippen LogP contribution in [-0.4, -0.2) is 56.4 Å². The zero-order valence-corrected chi connectivity index (χ0v) is 18.0. The summed E-state index contributed by atoms with van der Waals surface area (Å²) in [5.41, 5.74) is 11.5. The molecule has 10 heteroatoms. The molecule has 0 amide bonds. The quantitative estimate of drug-likeness (QED) is 0.584. The molecule has 0 unspecified atom stereocenters. The third kappa shape index (κ3) is 4.30. The molecule has 4 heterocycles. The van der Waals surface area contributed by atoms with Crippen LogP contribution in [0.15, 0.2) is 47.9 Å². The van der Waals surface area contributed by atoms with Crippen LogP contribution in [0.4, 0.5) is 30.5 Å². The number of likely N-dealkylation sites (tertiary alicyclic amines) is 1. The Hall–Kier alpha value is -3.43. The van der Waals surface area contributed by atoms with Crippen LogP contribution in [0, 0.1) is 6.92 Å². The monoisotopic (exact) mass is 444 g/mol. The Morgan fingerprint density at radius 2 is 2.12 bits per heavy atom. The van der Waals surface area contributed by atoms with Gasteiger partial charge in [-0.1, -0.05) is 17.3 Å². The van der Waals surface area contributed by atoms with Gasteiger partial charge in [-0.25, -0.2) is 22.7 Å². The van der Waals surface area contributed by atoms with Crippen molar-refractivity contribution in [1.29, 1.82) is 0 Å². The van der Waals surface area contributed by atoms with Gasteiger partial charge in [-0.2, -0.15) is 0 Å². The van der Waals surface area contributed by atoms with Gasteiger partial charge in [0.05, 0.1) is 11.2 Å². The van der Waals surface area contributed by atoms with Gasteiger partial charge in [0.1, 0.15) is 6.17 Å². The maximum Gasteiger partial charge on any atom is 0.298 e. The summed E-state index contributed by atoms with van der Waals surface area (Å²) in [5.74, 6) is 0.205. The number of alkyl halides is 3. The van der Waals surface area contributed by atoms with Crippen LogP contribution in [0.25, 0.3) is 16.6 Å². The van der Waals surface area contributed by atoms with E-state index in [1.165, 1.54) is 4.70 Å². The largest absolute Gasteiger partial charge is 0.372 e. The van der Waals surface area contributed by atoms with Crippen LogP contribution < -0.4 is 5.73 Å². The van der Waals surface area contributed by atoms with Crippen molar-refractivity contribution in [2.24, 2.45) is 5.11 Å². The summed E-state index contributed by atoms with van der Waals surface area (Å²) in [4.78, 5) is 6.16. The molecule has 1 atom stereocenters. The molecule has 3 aromatic rings. The fourth-order valence-corrected chi connectivity index (χ4v) is 3.91. The van der Waals surface area contributed by atoms with Gasteiger partial charge < -0.3 is 10.6 Å². The summed E-state index contributed by atoms with van der Waals surface area (Å²) in [6.07, 6.45) is -0.574. The lowest BCUT2D eigenvalue weighted by Gasteiger charge is -2.15. The molecule has 2 N–H and O–H groups in total. The van der Waals surface area contributed by atoms with Crippen molar-refractivity contribution in [3.05, 3.63) is 48.4 Å². The van der Waals surface area contributed by atoms with Crippen LogP contribution in [0.2, 0.25) is 0 Å². The zero-order chi connectivity index (χ0) is 23.0. The second-order valence-electron chi connectivity index (χ2n) is 7.92. The standard InChI is InChI=1S/C15H13F2N6.C7H12FN/c1-8-14-10(4-5-22(14)21-15(18)19-8)9-2-3-11-12(6-9)23(20-11)7-13(16)17;1-6(2)9-4-3-7(8)5-9/h2-6,13H,7H2,1H3,(H2,18,19,21);7H,1,3-5H2,2H3/q+1;/t;7-/m.1/s1. The van der Waals surface area contributed by atoms with Crippen LogP contribution in [0.5, 0.6) is 0 Å². The number of benzene rings is 1. The number of allylic oxidation sites excluding steroid dienone is 1. The molecule has 2 aliphatic heterocycles. The van der Waals surface area contributed by atoms with Crippen molar-refractivity contribution >= 4 is 22.8 Å². The molecule has 1 saturated heterocycles. The number of aryl methyl sites for hydroxylation is 1. The number of nitrogen functional groups attached to an aromatic ring is 1. The average Bonchev–Trinajstić information content (AvgIpc) is 3.33. The van der Waals surface area contributed by atoms with Gasteiger partial charge >= 0.3 is 0 Å². The van der Waals surface area contributed by atoms with Crippen LogP contribution >= 0.6 is 0 Å². The zero-order valence-electron chi connectivity index (χ0n) is 18.0. The summed E-state index contributed by atoms with van der Waals surface area (Å²) in [7, 11) is 0. The average molecular weight is 444 g/mol. The van der Waals surface area contributed by atoms with Crippen molar-refractivity contribution in [1.82, 2.24) is 19.5 Å². The lowest BCUT2D eigenvalue weighted by molar-refractivity contribution is -0.536. The Kier molecular flexibility index (Phi) is 5.86. The van der Waals surface area contributed by atoms with Crippen molar-refractivity contribution in [2.45, 2.75) is 32.9 Å². The number of hydrogen-bond acceptors (Lipinski definition) is 5. The fourth-order valence-electron chi connectivity index (χ4n) is 3.91. The maximum atomic E-state index is 12.5. The number of halogens is 3. The van der Waals surface area contributed by atoms with Gasteiger partial charge in [-0.3, -0.25) is 0 Å². The summed E-state index contributed by atoms with van der Waals surface area (Å²) >= 11 is 0. The van der Waals surface area contributed by atoms with Crippen molar-refractivity contribution in [2.75, 3.05) is 25.4 Å². The highest BCUT2D eigenvalue weighted by atomic mass is 19.3. The Morgan fingerprint density at radius 3 is 2.75 bits per heavy atom. The van der Waals surface area contributed by atoms with E-state index in [9.17, 15) is 13.2 Å². The highest BCUT2D eigenvalue weighted by molar-refractivity contribution is 5.85. The first-order chi connectivity index (χ1) is 15.2. The number of hydrogen-bond donors (Lipinski definition) is 1. The second kappa shape index (κ2) is 8.60. The molecule has 1 fully saturated rings. The van der Waals surface area contributed by atoms with E-state index in [4.69, 9.17) is 5.73 Å². The molecule has 7 nitrogen and oxygen atoms in total. The number of aromatic nitrogens is 3. The normalized spacial score (nSPS) is 17.0. The van der Waals surface area contributed by atoms with Gasteiger partial charge in [0.25, 0.3) is 12.1 Å². The smallest absolute Gasteiger partial charge is 0.298 e. The number of nitrogens with two attached hydrogens (primary N) is 1. The molecule has 0 spiro atoms. The lowest BCUT2D eigenvalue weighted by Crippen LogP contribution is -2.17. The Bertz CT molecular complexity index is 1200. The van der Waals surface area contributed by atoms with E-state index in [1.54, 1.807) is 10.7 Å². The minimum atomic E-state index is -2.43. The molecule has 2 aromatic heterocycles. The Balaban J connectivity index is 0.000000230. The molecule has 0 saturated carbocycles. The first-order valence-corrected chi connectivity index (χ1v) is 10.3. The third-order valence-electron chi connectivity index (χ3n) is 5.48. The van der Waals surface area contributed by atoms with E-state index in [1.807, 2.05) is 43.0 Å². The minimum Gasteiger partial charge on any atom is -0.372 e. The topological polar surface area (TPSA) is 74.8 Å². The van der Waals surface area contributed by atoms with Crippen molar-refractivity contribution < 1.29 is 17.9 Å². The Morgan fingerprint density at radius 1 is 1.34 bits per heavy atom. The first-order valence-electron chi connectivity index (χ1n) is 10.3. The molecule has 32 heavy (non-hydrogen) atoms. The van der Waals surface area contributed by atoms with Crippen LogP contribution in [-0.2, 0) is 0 Å². The number of anilines is 1. The van der Waals surface area contributed by atoms with Crippen LogP contribution in [0.1, 0.15) is 19.0 Å². The molecular formula is C22H25F3N7+. The second-order valence-corrected chi connectivity index (χ2v) is 7.92. The molecular weight excluding hydrogens is 419 g/mol. The number of nitrogens with zero attached hydrogens (tertiary/aromatic N) is 6. The van der Waals surface area contributed by atoms with Gasteiger partial charge in [0, 0.05) is 41.7 Å². The molecule has 0 bridgehead atoms. The molecule has 0 radical (unpaired) electrons. The number of azo groups is 2. The predicted molar refractivity (Wildman–Crippen MR) is 116 cm³/mol.